The van der Waals surface area contributed by atoms with Crippen LogP contribution in [0.1, 0.15) is 34.6 Å². The molecule has 2 nitrogen and oxygen atoms in total. The van der Waals surface area contributed by atoms with Crippen LogP contribution in [-0.4, -0.2) is 43.7 Å². The molecular formula is C63H68GeNOP4W. The van der Waals surface area contributed by atoms with E-state index in [1.165, 1.54) is 67.1 Å². The maximum atomic E-state index is 8.24. The number of isocyanates is 1. The summed E-state index contributed by atoms with van der Waals surface area (Å²) >= 11 is 3.67. The van der Waals surface area contributed by atoms with Gasteiger partial charge in [-0.15, -0.1) is 0 Å². The van der Waals surface area contributed by atoms with Gasteiger partial charge in [-0.3, -0.25) is 4.79 Å². The molecule has 0 bridgehead atoms. The second-order valence-corrected chi connectivity index (χ2v) is 27.0. The maximum Gasteiger partial charge on any atom is -0.0159 e. The number of carbonyl (C=O) groups excluding carboxylic acids is 1. The van der Waals surface area contributed by atoms with Crippen LogP contribution < -0.4 is 42.4 Å². The number of nitrogens with zero attached hydrogens (tertiary/aromatic N) is 1. The average Bonchev–Trinajstić information content (AvgIpc) is 3.61. The van der Waals surface area contributed by atoms with Crippen LogP contribution in [-0.2, 0) is 21.6 Å². The summed E-state index contributed by atoms with van der Waals surface area (Å²) in [5.41, 5.74) is 0. The van der Waals surface area contributed by atoms with Gasteiger partial charge in [-0.25, -0.2) is 0 Å². The van der Waals surface area contributed by atoms with Crippen LogP contribution in [0, 0.1) is 29.6 Å². The summed E-state index contributed by atoms with van der Waals surface area (Å²) in [4.78, 5) is 8.24. The van der Waals surface area contributed by atoms with Crippen molar-refractivity contribution in [3.8, 4) is 0 Å². The molecule has 8 heteroatoms. The van der Waals surface area contributed by atoms with Crippen molar-refractivity contribution in [3.05, 3.63) is 248 Å². The van der Waals surface area contributed by atoms with Crippen LogP contribution in [0.4, 0.5) is 0 Å². The van der Waals surface area contributed by atoms with Gasteiger partial charge in [0.2, 0.25) is 0 Å². The van der Waals surface area contributed by atoms with Gasteiger partial charge < -0.3 is 5.41 Å². The Hall–Kier alpha value is -3.91. The summed E-state index contributed by atoms with van der Waals surface area (Å²) < 4.78 is 0. The van der Waals surface area contributed by atoms with Crippen molar-refractivity contribution in [1.82, 2.24) is 0 Å². The van der Waals surface area contributed by atoms with Crippen LogP contribution in [0.25, 0.3) is 5.41 Å². The van der Waals surface area contributed by atoms with E-state index in [0.29, 0.717) is 6.08 Å². The average molecular weight is 1240 g/mol. The zero-order chi connectivity index (χ0) is 50.6. The standard InChI is InChI=1S/2C26H24P2.C10H20.CNO.Ge.W/c2*1-5-13-23(14-6-1)27(24-15-7-2-8-16-24)21-22-28(25-17-9-3-10-18-25)26-19-11-4-12-20-26;1-6-7(2)9(4)10(5)8(6)3;2-1-3;;/h2*1-20H,21-22H2;6-10H,1-5H3;;;/q;;;-1;;+1. The number of hydrogen-bond donors (Lipinski definition) is 0. The summed E-state index contributed by atoms with van der Waals surface area (Å²) in [7, 11) is -1.39. The molecule has 9 rings (SSSR count). The van der Waals surface area contributed by atoms with Crippen molar-refractivity contribution >= 4 is 93.2 Å². The predicted molar refractivity (Wildman–Crippen MR) is 316 cm³/mol. The maximum absolute atomic E-state index is 8.24. The van der Waals surface area contributed by atoms with Crippen LogP contribution in [0.3, 0.4) is 0 Å². The Morgan fingerprint density at radius 3 is 0.507 bits per heavy atom. The molecule has 0 saturated heterocycles. The first kappa shape index (κ1) is 58.0. The quantitative estimate of drug-likeness (QED) is 0.0463. The number of benzene rings is 8. The van der Waals surface area contributed by atoms with Gasteiger partial charge in [0.05, 0.1) is 0 Å². The summed E-state index contributed by atoms with van der Waals surface area (Å²) in [6.45, 7) is 12.0. The van der Waals surface area contributed by atoms with E-state index in [1.54, 1.807) is 16.8 Å². The first-order valence-electron chi connectivity index (χ1n) is 24.5. The minimum absolute atomic E-state index is 0.348. The summed E-state index contributed by atoms with van der Waals surface area (Å²) in [5.74, 6) is 4.68. The number of hydrogen-bond acceptors (Lipinski definition) is 1. The van der Waals surface area contributed by atoms with E-state index in [1.807, 2.05) is 0 Å². The van der Waals surface area contributed by atoms with Gasteiger partial charge in [0.1, 0.15) is 0 Å². The minimum atomic E-state index is -0.348. The molecule has 1 saturated carbocycles. The summed E-state index contributed by atoms with van der Waals surface area (Å²) in [6.07, 6.45) is 5.33. The second-order valence-electron chi connectivity index (χ2n) is 17.7. The molecule has 1 aliphatic rings. The Labute approximate surface area is 448 Å². The van der Waals surface area contributed by atoms with Crippen molar-refractivity contribution in [2.24, 2.45) is 29.6 Å². The molecule has 71 heavy (non-hydrogen) atoms. The van der Waals surface area contributed by atoms with Gasteiger partial charge in [-0.2, -0.15) is 0 Å². The van der Waals surface area contributed by atoms with Crippen LogP contribution in [0.2, 0.25) is 0 Å². The largest absolute Gasteiger partial charge is 0.724 e. The van der Waals surface area contributed by atoms with Crippen LogP contribution >= 0.6 is 31.7 Å². The van der Waals surface area contributed by atoms with E-state index in [2.05, 4.69) is 290 Å². The molecule has 0 N–H and O–H groups in total. The topological polar surface area (TPSA) is 39.4 Å². The van der Waals surface area contributed by atoms with Crippen molar-refractivity contribution in [2.75, 3.05) is 24.6 Å². The first-order chi connectivity index (χ1) is 34.8. The van der Waals surface area contributed by atoms with E-state index in [9.17, 15) is 0 Å². The minimum Gasteiger partial charge on any atom is -0.724 e. The van der Waals surface area contributed by atoms with Crippen molar-refractivity contribution in [1.29, 1.82) is 0 Å². The van der Waals surface area contributed by atoms with Crippen molar-refractivity contribution in [3.63, 3.8) is 0 Å². The van der Waals surface area contributed by atoms with E-state index in [4.69, 9.17) is 10.2 Å². The molecular weight excluding hydrogens is 1170 g/mol. The van der Waals surface area contributed by atoms with E-state index < -0.39 is 0 Å². The molecule has 361 valence electrons. The third-order valence-electron chi connectivity index (χ3n) is 13.8. The predicted octanol–water partition coefficient (Wildman–Crippen LogP) is 13.2. The molecule has 0 spiro atoms. The van der Waals surface area contributed by atoms with Gasteiger partial charge in [0, 0.05) is 0 Å². The molecule has 0 amide bonds. The molecule has 0 unspecified atom stereocenters. The second kappa shape index (κ2) is 33.0. The van der Waals surface area contributed by atoms with Gasteiger partial charge in [0.15, 0.2) is 0 Å². The van der Waals surface area contributed by atoms with Gasteiger partial charge in [-0.05, 0) is 134 Å². The molecule has 0 aliphatic heterocycles. The Bertz CT molecular complexity index is 2150. The monoisotopic (exact) mass is 1240 g/mol. The molecule has 0 aromatic heterocycles. The fourth-order valence-electron chi connectivity index (χ4n) is 9.29. The van der Waals surface area contributed by atoms with Gasteiger partial charge >= 0.3 is 29.8 Å². The SMILES string of the molecule is CC1C(C)C(C)C(C)C1C.[Ge]#[W+].[N-]=C=O.c1ccc(P(CCP(c2ccccc2)c2ccccc2)c2ccccc2)cc1.c1ccc(P(CCP(c2ccccc2)c2ccccc2)c2ccccc2)cc1. The number of rotatable bonds is 14. The Kier molecular flexibility index (Phi) is 27.0. The molecule has 8 aromatic carbocycles. The molecule has 1 aliphatic carbocycles. The van der Waals surface area contributed by atoms with Gasteiger partial charge in [0.25, 0.3) is 0 Å². The third kappa shape index (κ3) is 18.2. The molecule has 1 fully saturated rings. The zero-order valence-corrected chi connectivity index (χ0v) is 50.5. The fraction of sp³-hybridized carbons (Fsp3) is 0.222. The van der Waals surface area contributed by atoms with E-state index >= 15 is 0 Å². The van der Waals surface area contributed by atoms with Crippen LogP contribution in [0.15, 0.2) is 243 Å². The van der Waals surface area contributed by atoms with Crippen molar-refractivity contribution < 1.29 is 21.6 Å². The van der Waals surface area contributed by atoms with E-state index in [0.717, 1.165) is 29.6 Å². The molecule has 0 heterocycles. The molecule has 8 aromatic rings. The molecule has 0 atom stereocenters. The zero-order valence-electron chi connectivity index (χ0n) is 41.9. The third-order valence-corrected chi connectivity index (χ3v) is 24.5. The van der Waals surface area contributed by atoms with E-state index in [-0.39, 0.29) is 31.7 Å². The smallest absolute Gasteiger partial charge is 0.0159 e. The summed E-state index contributed by atoms with van der Waals surface area (Å²) in [6, 6.07) is 88.4. The first-order valence-corrected chi connectivity index (χ1v) is 39.1. The Morgan fingerprint density at radius 1 is 0.310 bits per heavy atom. The van der Waals surface area contributed by atoms with Crippen LogP contribution in [0.5, 0.6) is 0 Å². The fourth-order valence-corrected chi connectivity index (χ4v) is 20.0. The summed E-state index contributed by atoms with van der Waals surface area (Å²) in [5, 5.41) is 18.5. The Morgan fingerprint density at radius 2 is 0.408 bits per heavy atom. The normalized spacial score (nSPS) is 16.7. The van der Waals surface area contributed by atoms with Crippen molar-refractivity contribution in [2.45, 2.75) is 34.6 Å². The molecule has 1 radical (unpaired) electrons. The Balaban J connectivity index is 0.000000206. The van der Waals surface area contributed by atoms with Gasteiger partial charge in [-0.1, -0.05) is 277 Å².